The predicted octanol–water partition coefficient (Wildman–Crippen LogP) is 2.30. The van der Waals surface area contributed by atoms with E-state index in [0.29, 0.717) is 85.9 Å². The lowest BCUT2D eigenvalue weighted by Crippen LogP contribution is -2.21. The third kappa shape index (κ3) is 15.5. The van der Waals surface area contributed by atoms with Crippen molar-refractivity contribution in [3.63, 3.8) is 0 Å². The fourth-order valence-corrected chi connectivity index (χ4v) is 2.48. The Morgan fingerprint density at radius 2 is 1.12 bits per heavy atom. The van der Waals surface area contributed by atoms with Crippen LogP contribution in [0.5, 0.6) is 5.75 Å². The minimum Gasteiger partial charge on any atom is -0.491 e. The summed E-state index contributed by atoms with van der Waals surface area (Å²) in [6.07, 6.45) is -0.342. The van der Waals surface area contributed by atoms with Gasteiger partial charge in [0, 0.05) is 26.4 Å². The summed E-state index contributed by atoms with van der Waals surface area (Å²) in [6, 6.07) is 7.87. The summed E-state index contributed by atoms with van der Waals surface area (Å²) >= 11 is 0. The van der Waals surface area contributed by atoms with E-state index >= 15 is 0 Å². The highest BCUT2D eigenvalue weighted by atomic mass is 16.7. The second-order valence-corrected chi connectivity index (χ2v) is 6.52. The van der Waals surface area contributed by atoms with Gasteiger partial charge in [0.15, 0.2) is 6.29 Å². The molecule has 1 aromatic carbocycles. The number of hydrogen-bond donors (Lipinski definition) is 0. The van der Waals surface area contributed by atoms with Gasteiger partial charge >= 0.3 is 0 Å². The lowest BCUT2D eigenvalue weighted by atomic mass is 10.2. The van der Waals surface area contributed by atoms with Gasteiger partial charge in [0.1, 0.15) is 12.4 Å². The van der Waals surface area contributed by atoms with Crippen LogP contribution in [0.15, 0.2) is 24.3 Å². The van der Waals surface area contributed by atoms with Crippen molar-refractivity contribution in [1.29, 1.82) is 0 Å². The third-order valence-electron chi connectivity index (χ3n) is 4.19. The van der Waals surface area contributed by atoms with E-state index in [-0.39, 0.29) is 6.29 Å². The molecule has 0 spiro atoms. The molecule has 0 bridgehead atoms. The maximum absolute atomic E-state index is 5.77. The quantitative estimate of drug-likeness (QED) is 0.180. The number of methoxy groups -OCH3 is 2. The van der Waals surface area contributed by atoms with Crippen LogP contribution >= 0.6 is 0 Å². The van der Waals surface area contributed by atoms with Gasteiger partial charge in [0.25, 0.3) is 0 Å². The van der Waals surface area contributed by atoms with Gasteiger partial charge < -0.3 is 42.6 Å². The second-order valence-electron chi connectivity index (χ2n) is 6.52. The Morgan fingerprint density at radius 3 is 1.66 bits per heavy atom. The number of para-hydroxylation sites is 1. The van der Waals surface area contributed by atoms with Crippen molar-refractivity contribution in [2.24, 2.45) is 0 Å². The molecule has 0 aliphatic carbocycles. The lowest BCUT2D eigenvalue weighted by molar-refractivity contribution is -0.143. The molecular formula is C23H40O9. The molecule has 9 heteroatoms. The Morgan fingerprint density at radius 1 is 0.625 bits per heavy atom. The zero-order chi connectivity index (χ0) is 23.1. The molecule has 32 heavy (non-hydrogen) atoms. The molecule has 0 radical (unpaired) electrons. The molecule has 0 aromatic heterocycles. The average molecular weight is 461 g/mol. The van der Waals surface area contributed by atoms with Crippen LogP contribution in [0.2, 0.25) is 0 Å². The highest BCUT2D eigenvalue weighted by Gasteiger charge is 2.04. The summed E-state index contributed by atoms with van der Waals surface area (Å²) < 4.78 is 48.5. The molecule has 0 amide bonds. The van der Waals surface area contributed by atoms with Gasteiger partial charge in [0.2, 0.25) is 0 Å². The third-order valence-corrected chi connectivity index (χ3v) is 4.19. The summed E-state index contributed by atoms with van der Waals surface area (Å²) in [4.78, 5) is 0. The molecule has 1 aromatic rings. The molecular weight excluding hydrogens is 420 g/mol. The van der Waals surface area contributed by atoms with Crippen LogP contribution in [0, 0.1) is 0 Å². The van der Waals surface area contributed by atoms with Crippen molar-refractivity contribution in [3.8, 4) is 5.75 Å². The minimum atomic E-state index is -0.342. The zero-order valence-corrected chi connectivity index (χ0v) is 19.8. The van der Waals surface area contributed by atoms with E-state index in [1.807, 2.05) is 31.2 Å². The highest BCUT2D eigenvalue weighted by Crippen LogP contribution is 2.18. The number of benzene rings is 1. The van der Waals surface area contributed by atoms with Crippen LogP contribution in [0.1, 0.15) is 12.5 Å². The average Bonchev–Trinajstić information content (AvgIpc) is 2.82. The van der Waals surface area contributed by atoms with Crippen LogP contribution < -0.4 is 4.74 Å². The summed E-state index contributed by atoms with van der Waals surface area (Å²) in [5, 5.41) is 0. The predicted molar refractivity (Wildman–Crippen MR) is 119 cm³/mol. The van der Waals surface area contributed by atoms with E-state index in [2.05, 4.69) is 0 Å². The Balaban J connectivity index is 1.82. The van der Waals surface area contributed by atoms with E-state index in [1.165, 1.54) is 0 Å². The van der Waals surface area contributed by atoms with Crippen LogP contribution in [0.4, 0.5) is 0 Å². The van der Waals surface area contributed by atoms with Crippen molar-refractivity contribution in [2.75, 3.05) is 93.5 Å². The first-order valence-electron chi connectivity index (χ1n) is 11.0. The number of ether oxygens (including phenoxy) is 9. The minimum absolute atomic E-state index is 0.342. The van der Waals surface area contributed by atoms with Gasteiger partial charge in [-0.3, -0.25) is 0 Å². The number of rotatable bonds is 23. The maximum atomic E-state index is 5.77. The molecule has 0 saturated carbocycles. The zero-order valence-electron chi connectivity index (χ0n) is 19.8. The fourth-order valence-electron chi connectivity index (χ4n) is 2.48. The van der Waals surface area contributed by atoms with Gasteiger partial charge in [-0.2, -0.15) is 0 Å². The molecule has 0 fully saturated rings. The van der Waals surface area contributed by atoms with Gasteiger partial charge in [0.05, 0.1) is 72.7 Å². The van der Waals surface area contributed by atoms with Crippen molar-refractivity contribution < 1.29 is 42.6 Å². The van der Waals surface area contributed by atoms with E-state index in [9.17, 15) is 0 Å². The van der Waals surface area contributed by atoms with E-state index in [0.717, 1.165) is 11.3 Å². The molecule has 0 aliphatic rings. The molecule has 0 aliphatic heterocycles. The standard InChI is InChI=1S/C23H40O9/c1-4-26-19-21-7-5-6-8-22(21)32-18-17-30-14-13-28-10-9-27-11-12-29-15-16-31-20-23(24-2)25-3/h5-8,23H,4,9-20H2,1-3H3. The Kier molecular flexibility index (Phi) is 19.3. The first-order chi connectivity index (χ1) is 15.8. The molecule has 0 atom stereocenters. The molecule has 0 unspecified atom stereocenters. The fraction of sp³-hybridized carbons (Fsp3) is 0.739. The molecule has 1 rings (SSSR count). The first-order valence-corrected chi connectivity index (χ1v) is 11.0. The molecule has 0 heterocycles. The van der Waals surface area contributed by atoms with Crippen LogP contribution in [0.25, 0.3) is 0 Å². The normalized spacial score (nSPS) is 11.4. The molecule has 9 nitrogen and oxygen atoms in total. The van der Waals surface area contributed by atoms with Gasteiger partial charge in [-0.05, 0) is 13.0 Å². The molecule has 186 valence electrons. The Labute approximate surface area is 192 Å². The van der Waals surface area contributed by atoms with Gasteiger partial charge in [-0.25, -0.2) is 0 Å². The van der Waals surface area contributed by atoms with Crippen molar-refractivity contribution in [3.05, 3.63) is 29.8 Å². The summed E-state index contributed by atoms with van der Waals surface area (Å²) in [7, 11) is 3.15. The summed E-state index contributed by atoms with van der Waals surface area (Å²) in [5.41, 5.74) is 1.04. The van der Waals surface area contributed by atoms with Crippen molar-refractivity contribution in [2.45, 2.75) is 19.8 Å². The molecule has 0 N–H and O–H groups in total. The Bertz CT molecular complexity index is 526. The first kappa shape index (κ1) is 28.7. The van der Waals surface area contributed by atoms with Crippen LogP contribution in [-0.2, 0) is 44.5 Å². The monoisotopic (exact) mass is 460 g/mol. The summed E-state index contributed by atoms with van der Waals surface area (Å²) in [5.74, 6) is 0.834. The largest absolute Gasteiger partial charge is 0.491 e. The van der Waals surface area contributed by atoms with E-state index in [1.54, 1.807) is 14.2 Å². The number of hydrogen-bond acceptors (Lipinski definition) is 9. The SMILES string of the molecule is CCOCc1ccccc1OCCOCCOCCOCCOCCOCC(OC)OC. The Hall–Kier alpha value is -1.30. The smallest absolute Gasteiger partial charge is 0.180 e. The van der Waals surface area contributed by atoms with E-state index in [4.69, 9.17) is 42.6 Å². The second kappa shape index (κ2) is 21.5. The maximum Gasteiger partial charge on any atom is 0.180 e. The van der Waals surface area contributed by atoms with Gasteiger partial charge in [-0.15, -0.1) is 0 Å². The highest BCUT2D eigenvalue weighted by molar-refractivity contribution is 5.32. The topological polar surface area (TPSA) is 83.1 Å². The molecule has 0 saturated heterocycles. The van der Waals surface area contributed by atoms with E-state index < -0.39 is 0 Å². The van der Waals surface area contributed by atoms with Crippen molar-refractivity contribution in [1.82, 2.24) is 0 Å². The lowest BCUT2D eigenvalue weighted by Gasteiger charge is -2.13. The van der Waals surface area contributed by atoms with Gasteiger partial charge in [-0.1, -0.05) is 18.2 Å². The van der Waals surface area contributed by atoms with Crippen molar-refractivity contribution >= 4 is 0 Å². The van der Waals surface area contributed by atoms with Crippen LogP contribution in [-0.4, -0.2) is 99.8 Å². The summed E-state index contributed by atoms with van der Waals surface area (Å²) in [6.45, 7) is 8.64. The van der Waals surface area contributed by atoms with Crippen LogP contribution in [0.3, 0.4) is 0 Å².